The minimum Gasteiger partial charge on any atom is -0.493 e. The third-order valence-corrected chi connectivity index (χ3v) is 2.95. The van der Waals surface area contributed by atoms with E-state index in [2.05, 4.69) is 0 Å². The summed E-state index contributed by atoms with van der Waals surface area (Å²) >= 11 is 6.20. The molecule has 0 fully saturated rings. The zero-order valence-corrected chi connectivity index (χ0v) is 12.0. The number of hydrogen-bond acceptors (Lipinski definition) is 3. The van der Waals surface area contributed by atoms with Gasteiger partial charge in [-0.15, -0.1) is 0 Å². The van der Waals surface area contributed by atoms with E-state index in [0.717, 1.165) is 11.8 Å². The lowest BCUT2D eigenvalue weighted by Gasteiger charge is -2.18. The maximum Gasteiger partial charge on any atom is 0.162 e. The summed E-state index contributed by atoms with van der Waals surface area (Å²) in [5, 5.41) is 0.595. The van der Waals surface area contributed by atoms with Gasteiger partial charge in [-0.25, -0.2) is 0 Å². The fourth-order valence-electron chi connectivity index (χ4n) is 1.71. The van der Waals surface area contributed by atoms with Gasteiger partial charge in [0.2, 0.25) is 0 Å². The molecule has 1 aromatic rings. The molecule has 0 spiro atoms. The number of methoxy groups -OCH3 is 1. The molecule has 0 saturated carbocycles. The molecule has 0 amide bonds. The van der Waals surface area contributed by atoms with Gasteiger partial charge in [-0.2, -0.15) is 0 Å². The van der Waals surface area contributed by atoms with Crippen LogP contribution in [0.1, 0.15) is 38.7 Å². The van der Waals surface area contributed by atoms with Crippen LogP contribution in [0.3, 0.4) is 0 Å². The molecule has 0 bridgehead atoms. The van der Waals surface area contributed by atoms with Crippen LogP contribution in [-0.4, -0.2) is 19.5 Å². The molecule has 0 saturated heterocycles. The molecule has 100 valence electrons. The first-order valence-corrected chi connectivity index (χ1v) is 6.35. The molecule has 0 heterocycles. The van der Waals surface area contributed by atoms with E-state index in [-0.39, 0.29) is 12.0 Å². The molecule has 0 aliphatic heterocycles. The SMILES string of the molecule is COc1cc(Cl)c(C(C)CC=O)cc1OC(C)C. The summed E-state index contributed by atoms with van der Waals surface area (Å²) in [6.45, 7) is 5.85. The molecular formula is C14H19ClO3. The van der Waals surface area contributed by atoms with Crippen LogP contribution in [0.25, 0.3) is 0 Å². The van der Waals surface area contributed by atoms with Crippen molar-refractivity contribution in [1.29, 1.82) is 0 Å². The summed E-state index contributed by atoms with van der Waals surface area (Å²) in [6, 6.07) is 3.59. The fraction of sp³-hybridized carbons (Fsp3) is 0.500. The van der Waals surface area contributed by atoms with Crippen LogP contribution in [0.4, 0.5) is 0 Å². The quantitative estimate of drug-likeness (QED) is 0.737. The van der Waals surface area contributed by atoms with Crippen LogP contribution in [0.15, 0.2) is 12.1 Å². The second-order valence-corrected chi connectivity index (χ2v) is 4.90. The van der Waals surface area contributed by atoms with Crippen molar-refractivity contribution >= 4 is 17.9 Å². The molecule has 0 aliphatic rings. The molecule has 0 aromatic heterocycles. The van der Waals surface area contributed by atoms with E-state index in [1.807, 2.05) is 26.8 Å². The normalized spacial score (nSPS) is 12.3. The van der Waals surface area contributed by atoms with E-state index < -0.39 is 0 Å². The largest absolute Gasteiger partial charge is 0.493 e. The van der Waals surface area contributed by atoms with Gasteiger partial charge in [0.25, 0.3) is 0 Å². The first kappa shape index (κ1) is 14.8. The number of rotatable bonds is 6. The second-order valence-electron chi connectivity index (χ2n) is 4.49. The van der Waals surface area contributed by atoms with Gasteiger partial charge in [0, 0.05) is 17.5 Å². The van der Waals surface area contributed by atoms with Crippen LogP contribution in [0.2, 0.25) is 5.02 Å². The van der Waals surface area contributed by atoms with Crippen LogP contribution < -0.4 is 9.47 Å². The Labute approximate surface area is 113 Å². The Morgan fingerprint density at radius 2 is 1.94 bits per heavy atom. The highest BCUT2D eigenvalue weighted by molar-refractivity contribution is 6.31. The third-order valence-electron chi connectivity index (χ3n) is 2.63. The lowest BCUT2D eigenvalue weighted by Crippen LogP contribution is -2.08. The first-order chi connectivity index (χ1) is 8.49. The van der Waals surface area contributed by atoms with Crippen molar-refractivity contribution in [2.24, 2.45) is 0 Å². The van der Waals surface area contributed by atoms with Crippen LogP contribution in [0, 0.1) is 0 Å². The highest BCUT2D eigenvalue weighted by Crippen LogP contribution is 2.37. The van der Waals surface area contributed by atoms with Gasteiger partial charge in [0.1, 0.15) is 6.29 Å². The maximum atomic E-state index is 10.6. The van der Waals surface area contributed by atoms with Gasteiger partial charge in [-0.1, -0.05) is 18.5 Å². The smallest absolute Gasteiger partial charge is 0.162 e. The van der Waals surface area contributed by atoms with E-state index in [4.69, 9.17) is 21.1 Å². The van der Waals surface area contributed by atoms with Crippen molar-refractivity contribution in [1.82, 2.24) is 0 Å². The van der Waals surface area contributed by atoms with Gasteiger partial charge in [-0.3, -0.25) is 0 Å². The summed E-state index contributed by atoms with van der Waals surface area (Å²) in [6.07, 6.45) is 1.38. The first-order valence-electron chi connectivity index (χ1n) is 5.97. The summed E-state index contributed by atoms with van der Waals surface area (Å²) < 4.78 is 10.9. The highest BCUT2D eigenvalue weighted by Gasteiger charge is 2.15. The van der Waals surface area contributed by atoms with Crippen LogP contribution >= 0.6 is 11.6 Å². The molecule has 0 aliphatic carbocycles. The average Bonchev–Trinajstić information content (AvgIpc) is 2.30. The molecule has 1 atom stereocenters. The topological polar surface area (TPSA) is 35.5 Å². The van der Waals surface area contributed by atoms with Crippen LogP contribution in [0.5, 0.6) is 11.5 Å². The Morgan fingerprint density at radius 1 is 1.28 bits per heavy atom. The van der Waals surface area contributed by atoms with Crippen molar-refractivity contribution < 1.29 is 14.3 Å². The average molecular weight is 271 g/mol. The second kappa shape index (κ2) is 6.64. The minimum atomic E-state index is 0.0503. The lowest BCUT2D eigenvalue weighted by atomic mass is 9.98. The number of hydrogen-bond donors (Lipinski definition) is 0. The monoisotopic (exact) mass is 270 g/mol. The zero-order valence-electron chi connectivity index (χ0n) is 11.2. The van der Waals surface area contributed by atoms with E-state index >= 15 is 0 Å². The molecule has 1 unspecified atom stereocenters. The predicted molar refractivity (Wildman–Crippen MR) is 72.9 cm³/mol. The Morgan fingerprint density at radius 3 is 2.44 bits per heavy atom. The Balaban J connectivity index is 3.15. The number of carbonyl (C=O) groups is 1. The van der Waals surface area contributed by atoms with Gasteiger partial charge in [0.15, 0.2) is 11.5 Å². The van der Waals surface area contributed by atoms with E-state index in [1.54, 1.807) is 13.2 Å². The summed E-state index contributed by atoms with van der Waals surface area (Å²) in [5.74, 6) is 1.33. The zero-order chi connectivity index (χ0) is 13.7. The van der Waals surface area contributed by atoms with Gasteiger partial charge < -0.3 is 14.3 Å². The fourth-order valence-corrected chi connectivity index (χ4v) is 2.05. The van der Waals surface area contributed by atoms with E-state index in [9.17, 15) is 4.79 Å². The molecular weight excluding hydrogens is 252 g/mol. The molecule has 1 rings (SSSR count). The van der Waals surface area contributed by atoms with Crippen molar-refractivity contribution in [3.8, 4) is 11.5 Å². The van der Waals surface area contributed by atoms with Gasteiger partial charge in [0.05, 0.1) is 13.2 Å². The van der Waals surface area contributed by atoms with Crippen molar-refractivity contribution in [3.05, 3.63) is 22.7 Å². The number of carbonyl (C=O) groups excluding carboxylic acids is 1. The van der Waals surface area contributed by atoms with Crippen molar-refractivity contribution in [2.45, 2.75) is 39.2 Å². The van der Waals surface area contributed by atoms with Crippen LogP contribution in [-0.2, 0) is 4.79 Å². The van der Waals surface area contributed by atoms with Gasteiger partial charge >= 0.3 is 0 Å². The highest BCUT2D eigenvalue weighted by atomic mass is 35.5. The standard InChI is InChI=1S/C14H19ClO3/c1-9(2)18-14-7-11(10(3)5-6-16)12(15)8-13(14)17-4/h6-10H,5H2,1-4H3. The Hall–Kier alpha value is -1.22. The van der Waals surface area contributed by atoms with E-state index in [0.29, 0.717) is 22.9 Å². The Kier molecular flexibility index (Phi) is 5.48. The summed E-state index contributed by atoms with van der Waals surface area (Å²) in [7, 11) is 1.58. The number of benzene rings is 1. The summed E-state index contributed by atoms with van der Waals surface area (Å²) in [5.41, 5.74) is 0.903. The number of halogens is 1. The lowest BCUT2D eigenvalue weighted by molar-refractivity contribution is -0.108. The molecule has 0 N–H and O–H groups in total. The summed E-state index contributed by atoms with van der Waals surface area (Å²) in [4.78, 5) is 10.6. The molecule has 0 radical (unpaired) electrons. The van der Waals surface area contributed by atoms with Crippen molar-refractivity contribution in [3.63, 3.8) is 0 Å². The molecule has 1 aromatic carbocycles. The predicted octanol–water partition coefficient (Wildman–Crippen LogP) is 3.83. The van der Waals surface area contributed by atoms with Crippen molar-refractivity contribution in [2.75, 3.05) is 7.11 Å². The molecule has 3 nitrogen and oxygen atoms in total. The molecule has 4 heteroatoms. The Bertz CT molecular complexity index is 416. The number of ether oxygens (including phenoxy) is 2. The molecule has 18 heavy (non-hydrogen) atoms. The van der Waals surface area contributed by atoms with E-state index in [1.165, 1.54) is 0 Å². The minimum absolute atomic E-state index is 0.0503. The van der Waals surface area contributed by atoms with Gasteiger partial charge in [-0.05, 0) is 31.4 Å². The maximum absolute atomic E-state index is 10.6. The number of aldehydes is 1. The third kappa shape index (κ3) is 3.64.